The van der Waals surface area contributed by atoms with Gasteiger partial charge in [-0.3, -0.25) is 10.2 Å². The van der Waals surface area contributed by atoms with Crippen LogP contribution < -0.4 is 5.73 Å². The molecule has 12 heavy (non-hydrogen) atoms. The average molecular weight is 170 g/mol. The van der Waals surface area contributed by atoms with Crippen LogP contribution in [0.5, 0.6) is 0 Å². The van der Waals surface area contributed by atoms with Crippen molar-refractivity contribution < 1.29 is 9.53 Å². The van der Waals surface area contributed by atoms with E-state index >= 15 is 0 Å². The molecule has 3 N–H and O–H groups in total. The first-order valence-electron chi connectivity index (χ1n) is 4.17. The molecule has 0 spiro atoms. The van der Waals surface area contributed by atoms with Crippen molar-refractivity contribution in [2.75, 3.05) is 6.61 Å². The third-order valence-corrected chi connectivity index (χ3v) is 1.82. The van der Waals surface area contributed by atoms with Crippen LogP contribution >= 0.6 is 0 Å². The minimum atomic E-state index is -0.386. The number of hydrogen-bond donors (Lipinski definition) is 2. The molecular weight excluding hydrogens is 156 g/mol. The molecule has 0 radical (unpaired) electrons. The molecule has 0 heterocycles. The van der Waals surface area contributed by atoms with E-state index in [0.717, 1.165) is 12.3 Å². The average Bonchev–Trinajstić information content (AvgIpc) is 2.69. The lowest BCUT2D eigenvalue weighted by atomic mass is 10.3. The Kier molecular flexibility index (Phi) is 3.08. The van der Waals surface area contributed by atoms with Crippen molar-refractivity contribution in [3.63, 3.8) is 0 Å². The monoisotopic (exact) mass is 170 g/mol. The van der Waals surface area contributed by atoms with Gasteiger partial charge in [0, 0.05) is 0 Å². The van der Waals surface area contributed by atoms with Crippen LogP contribution in [0.25, 0.3) is 0 Å². The first-order valence-corrected chi connectivity index (χ1v) is 4.17. The number of rotatable bonds is 5. The van der Waals surface area contributed by atoms with Gasteiger partial charge in [0.25, 0.3) is 0 Å². The molecule has 0 aromatic carbocycles. The number of ether oxygens (including phenoxy) is 1. The highest BCUT2D eigenvalue weighted by molar-refractivity contribution is 5.94. The number of carbonyl (C=O) groups is 1. The zero-order valence-corrected chi connectivity index (χ0v) is 7.01. The van der Waals surface area contributed by atoms with Gasteiger partial charge in [0.15, 0.2) is 0 Å². The van der Waals surface area contributed by atoms with Crippen LogP contribution in [0, 0.1) is 11.3 Å². The van der Waals surface area contributed by atoms with Gasteiger partial charge in [0.2, 0.25) is 0 Å². The van der Waals surface area contributed by atoms with Gasteiger partial charge in [-0.05, 0) is 12.3 Å². The molecule has 0 aliphatic heterocycles. The number of hydrogen-bond acceptors (Lipinski definition) is 3. The summed E-state index contributed by atoms with van der Waals surface area (Å²) in [5, 5.41) is 6.83. The maximum Gasteiger partial charge on any atom is 0.313 e. The Morgan fingerprint density at radius 3 is 2.75 bits per heavy atom. The second-order valence-electron chi connectivity index (χ2n) is 3.15. The van der Waals surface area contributed by atoms with Crippen molar-refractivity contribution in [1.82, 2.24) is 0 Å². The van der Waals surface area contributed by atoms with Crippen LogP contribution in [0.1, 0.15) is 25.7 Å². The molecule has 1 aliphatic rings. The minimum Gasteiger partial charge on any atom is -0.465 e. The first-order chi connectivity index (χ1) is 5.68. The molecule has 0 aromatic heterocycles. The van der Waals surface area contributed by atoms with Crippen molar-refractivity contribution in [2.45, 2.75) is 25.7 Å². The van der Waals surface area contributed by atoms with E-state index in [9.17, 15) is 4.79 Å². The third kappa shape index (κ3) is 3.95. The Balaban J connectivity index is 1.97. The highest BCUT2D eigenvalue weighted by Crippen LogP contribution is 2.32. The van der Waals surface area contributed by atoms with Gasteiger partial charge in [-0.1, -0.05) is 12.8 Å². The van der Waals surface area contributed by atoms with Gasteiger partial charge in [-0.2, -0.15) is 0 Å². The van der Waals surface area contributed by atoms with Gasteiger partial charge >= 0.3 is 5.97 Å². The predicted octanol–water partition coefficient (Wildman–Crippen LogP) is 0.656. The normalized spacial score (nSPS) is 15.7. The van der Waals surface area contributed by atoms with Crippen LogP contribution in [-0.4, -0.2) is 18.4 Å². The van der Waals surface area contributed by atoms with Crippen molar-refractivity contribution >= 4 is 11.8 Å². The van der Waals surface area contributed by atoms with E-state index in [0.29, 0.717) is 6.61 Å². The maximum absolute atomic E-state index is 10.8. The molecule has 1 fully saturated rings. The topological polar surface area (TPSA) is 76.2 Å². The number of carbonyl (C=O) groups excluding carboxylic acids is 1. The molecule has 0 amide bonds. The van der Waals surface area contributed by atoms with Crippen LogP contribution in [0.4, 0.5) is 0 Å². The molecule has 0 bridgehead atoms. The van der Waals surface area contributed by atoms with E-state index in [1.54, 1.807) is 0 Å². The van der Waals surface area contributed by atoms with Crippen LogP contribution in [0.2, 0.25) is 0 Å². The second-order valence-corrected chi connectivity index (χ2v) is 3.15. The summed E-state index contributed by atoms with van der Waals surface area (Å²) < 4.78 is 4.84. The maximum atomic E-state index is 10.8. The van der Waals surface area contributed by atoms with Crippen molar-refractivity contribution in [3.05, 3.63) is 0 Å². The highest BCUT2D eigenvalue weighted by Gasteiger charge is 2.21. The summed E-state index contributed by atoms with van der Waals surface area (Å²) in [6, 6.07) is 0. The Morgan fingerprint density at radius 2 is 2.25 bits per heavy atom. The Labute approximate surface area is 71.6 Å². The summed E-state index contributed by atoms with van der Waals surface area (Å²) in [7, 11) is 0. The molecule has 0 saturated heterocycles. The standard InChI is InChI=1S/C8H14N2O2/c9-7(10)5-8(11)12-4-3-6-1-2-6/h6H,1-5H2,(H3,9,10). The molecule has 0 unspecified atom stereocenters. The molecule has 0 atom stereocenters. The van der Waals surface area contributed by atoms with E-state index in [2.05, 4.69) is 0 Å². The summed E-state index contributed by atoms with van der Waals surface area (Å²) in [5.74, 6) is 0.254. The zero-order chi connectivity index (χ0) is 8.97. The van der Waals surface area contributed by atoms with Gasteiger partial charge < -0.3 is 10.5 Å². The fourth-order valence-electron chi connectivity index (χ4n) is 0.952. The first kappa shape index (κ1) is 9.03. The Bertz CT molecular complexity index is 187. The van der Waals surface area contributed by atoms with Crippen LogP contribution in [0.15, 0.2) is 0 Å². The zero-order valence-electron chi connectivity index (χ0n) is 7.01. The van der Waals surface area contributed by atoms with Crippen molar-refractivity contribution in [2.24, 2.45) is 11.7 Å². The summed E-state index contributed by atoms with van der Waals surface area (Å²) >= 11 is 0. The summed E-state index contributed by atoms with van der Waals surface area (Å²) in [5.41, 5.74) is 5.02. The number of amidine groups is 1. The fraction of sp³-hybridized carbons (Fsp3) is 0.750. The molecule has 68 valence electrons. The molecule has 1 saturated carbocycles. The number of nitrogens with two attached hydrogens (primary N) is 1. The molecule has 1 rings (SSSR count). The Hall–Kier alpha value is -1.06. The van der Waals surface area contributed by atoms with E-state index in [-0.39, 0.29) is 18.2 Å². The predicted molar refractivity (Wildman–Crippen MR) is 44.8 cm³/mol. The number of nitrogens with one attached hydrogen (secondary N) is 1. The summed E-state index contributed by atoms with van der Waals surface area (Å²) in [4.78, 5) is 10.8. The van der Waals surface area contributed by atoms with Crippen LogP contribution in [0.3, 0.4) is 0 Å². The lowest BCUT2D eigenvalue weighted by Gasteiger charge is -2.02. The molecule has 0 aromatic rings. The molecule has 1 aliphatic carbocycles. The second kappa shape index (κ2) is 4.09. The van der Waals surface area contributed by atoms with Gasteiger partial charge in [-0.15, -0.1) is 0 Å². The van der Waals surface area contributed by atoms with E-state index in [4.69, 9.17) is 15.9 Å². The van der Waals surface area contributed by atoms with Gasteiger partial charge in [0.1, 0.15) is 12.3 Å². The van der Waals surface area contributed by atoms with E-state index in [1.807, 2.05) is 0 Å². The largest absolute Gasteiger partial charge is 0.465 e. The van der Waals surface area contributed by atoms with E-state index < -0.39 is 0 Å². The lowest BCUT2D eigenvalue weighted by Crippen LogP contribution is -2.17. The smallest absolute Gasteiger partial charge is 0.313 e. The Morgan fingerprint density at radius 1 is 1.58 bits per heavy atom. The quantitative estimate of drug-likeness (QED) is 0.361. The highest BCUT2D eigenvalue weighted by atomic mass is 16.5. The SMILES string of the molecule is N=C(N)CC(=O)OCCC1CC1. The summed E-state index contributed by atoms with van der Waals surface area (Å²) in [6.07, 6.45) is 3.42. The summed E-state index contributed by atoms with van der Waals surface area (Å²) in [6.45, 7) is 0.483. The van der Waals surface area contributed by atoms with Crippen molar-refractivity contribution in [3.8, 4) is 0 Å². The van der Waals surface area contributed by atoms with Gasteiger partial charge in [-0.25, -0.2) is 0 Å². The van der Waals surface area contributed by atoms with Crippen molar-refractivity contribution in [1.29, 1.82) is 5.41 Å². The molecule has 4 nitrogen and oxygen atoms in total. The van der Waals surface area contributed by atoms with Crippen LogP contribution in [-0.2, 0) is 9.53 Å². The molecule has 4 heteroatoms. The number of esters is 1. The third-order valence-electron chi connectivity index (χ3n) is 1.82. The molecular formula is C8H14N2O2. The fourth-order valence-corrected chi connectivity index (χ4v) is 0.952. The minimum absolute atomic E-state index is 0.0787. The lowest BCUT2D eigenvalue weighted by molar-refractivity contribution is -0.142. The van der Waals surface area contributed by atoms with E-state index in [1.165, 1.54) is 12.8 Å². The van der Waals surface area contributed by atoms with Gasteiger partial charge in [0.05, 0.1) is 6.61 Å².